The van der Waals surface area contributed by atoms with Gasteiger partial charge in [-0.15, -0.1) is 0 Å². The predicted octanol–water partition coefficient (Wildman–Crippen LogP) is 1.25. The van der Waals surface area contributed by atoms with Crippen LogP contribution in [0.2, 0.25) is 0 Å². The van der Waals surface area contributed by atoms with Crippen LogP contribution in [0.5, 0.6) is 0 Å². The average molecular weight is 241 g/mol. The number of nitrogens with two attached hydrogens (primary N) is 1. The van der Waals surface area contributed by atoms with Crippen LogP contribution >= 0.6 is 0 Å². The Morgan fingerprint density at radius 3 is 1.36 bits per heavy atom. The lowest BCUT2D eigenvalue weighted by molar-refractivity contribution is -0.292. The van der Waals surface area contributed by atoms with Crippen molar-refractivity contribution in [3.05, 3.63) is 0 Å². The van der Waals surface area contributed by atoms with Crippen LogP contribution in [0.4, 0.5) is 22.0 Å². The first-order chi connectivity index (χ1) is 5.75. The monoisotopic (exact) mass is 241 g/mol. The highest BCUT2D eigenvalue weighted by Gasteiger charge is 2.70. The lowest BCUT2D eigenvalue weighted by Gasteiger charge is -2.32. The van der Waals surface area contributed by atoms with Gasteiger partial charge in [-0.3, -0.25) is 0 Å². The van der Waals surface area contributed by atoms with Crippen molar-refractivity contribution in [3.63, 3.8) is 0 Å². The Bertz CT molecular complexity index is 318. The van der Waals surface area contributed by atoms with Gasteiger partial charge in [0, 0.05) is 0 Å². The van der Waals surface area contributed by atoms with Gasteiger partial charge in [-0.2, -0.15) is 22.0 Å². The van der Waals surface area contributed by atoms with Gasteiger partial charge in [0.15, 0.2) is 4.75 Å². The van der Waals surface area contributed by atoms with Gasteiger partial charge in [0.1, 0.15) is 0 Å². The van der Waals surface area contributed by atoms with Gasteiger partial charge in [0.05, 0.1) is 0 Å². The van der Waals surface area contributed by atoms with E-state index >= 15 is 0 Å². The Labute approximate surface area is 77.1 Å². The minimum Gasteiger partial charge on any atom is -0.228 e. The number of sulfonamides is 1. The molecule has 0 radical (unpaired) electrons. The van der Waals surface area contributed by atoms with Gasteiger partial charge in [-0.05, 0) is 13.8 Å². The summed E-state index contributed by atoms with van der Waals surface area (Å²) in [5, 5.41) is 4.29. The van der Waals surface area contributed by atoms with Gasteiger partial charge in [-0.1, -0.05) is 0 Å². The third-order valence-corrected chi connectivity index (χ3v) is 3.50. The van der Waals surface area contributed by atoms with E-state index in [9.17, 15) is 30.4 Å². The molecule has 0 aromatic carbocycles. The molecule has 0 heterocycles. The molecule has 0 aliphatic rings. The Balaban J connectivity index is 5.54. The molecular formula is C5H8F5NO2S. The van der Waals surface area contributed by atoms with Crippen molar-refractivity contribution in [3.8, 4) is 0 Å². The Morgan fingerprint density at radius 2 is 1.29 bits per heavy atom. The van der Waals surface area contributed by atoms with E-state index in [1.807, 2.05) is 0 Å². The Morgan fingerprint density at radius 1 is 1.00 bits per heavy atom. The Hall–Kier alpha value is -0.440. The molecule has 9 heteroatoms. The topological polar surface area (TPSA) is 60.2 Å². The van der Waals surface area contributed by atoms with Crippen LogP contribution in [0.3, 0.4) is 0 Å². The standard InChI is InChI=1S/C5H8F5NO2S/c1-3(2,14(11,12)13)4(6,7)5(8,9)10/h1-2H3,(H2,11,12,13). The van der Waals surface area contributed by atoms with E-state index in [1.165, 1.54) is 0 Å². The maximum absolute atomic E-state index is 12.6. The van der Waals surface area contributed by atoms with Crippen molar-refractivity contribution >= 4 is 10.0 Å². The van der Waals surface area contributed by atoms with Crippen LogP contribution in [-0.2, 0) is 10.0 Å². The fourth-order valence-corrected chi connectivity index (χ4v) is 0.993. The molecule has 0 aromatic rings. The van der Waals surface area contributed by atoms with E-state index in [2.05, 4.69) is 5.14 Å². The molecule has 0 unspecified atom stereocenters. The summed E-state index contributed by atoms with van der Waals surface area (Å²) in [5.41, 5.74) is 0. The molecule has 0 rings (SSSR count). The summed E-state index contributed by atoms with van der Waals surface area (Å²) in [6, 6.07) is 0. The SMILES string of the molecule is CC(C)(C(F)(F)C(F)(F)F)S(N)(=O)=O. The maximum atomic E-state index is 12.6. The van der Waals surface area contributed by atoms with E-state index in [4.69, 9.17) is 0 Å². The average Bonchev–Trinajstić information content (AvgIpc) is 1.81. The quantitative estimate of drug-likeness (QED) is 0.739. The highest BCUT2D eigenvalue weighted by molar-refractivity contribution is 7.90. The second-order valence-electron chi connectivity index (χ2n) is 3.13. The lowest BCUT2D eigenvalue weighted by atomic mass is 10.1. The summed E-state index contributed by atoms with van der Waals surface area (Å²) < 4.78 is 78.3. The third-order valence-electron chi connectivity index (χ3n) is 1.82. The van der Waals surface area contributed by atoms with Crippen LogP contribution in [0, 0.1) is 0 Å². The predicted molar refractivity (Wildman–Crippen MR) is 38.2 cm³/mol. The number of halogens is 5. The highest BCUT2D eigenvalue weighted by atomic mass is 32.2. The van der Waals surface area contributed by atoms with E-state index in [1.54, 1.807) is 0 Å². The fourth-order valence-electron chi connectivity index (χ4n) is 0.520. The summed E-state index contributed by atoms with van der Waals surface area (Å²) in [7, 11) is -5.01. The minimum atomic E-state index is -5.96. The molecule has 0 amide bonds. The van der Waals surface area contributed by atoms with Gasteiger partial charge in [0.25, 0.3) is 0 Å². The molecule has 0 bridgehead atoms. The molecule has 0 saturated heterocycles. The molecule has 86 valence electrons. The molecule has 14 heavy (non-hydrogen) atoms. The van der Waals surface area contributed by atoms with Crippen molar-refractivity contribution in [2.45, 2.75) is 30.7 Å². The van der Waals surface area contributed by atoms with Crippen molar-refractivity contribution < 1.29 is 30.4 Å². The van der Waals surface area contributed by atoms with E-state index < -0.39 is 26.9 Å². The second-order valence-corrected chi connectivity index (χ2v) is 5.24. The summed E-state index contributed by atoms with van der Waals surface area (Å²) in [6.45, 7) is 0.436. The molecule has 0 aromatic heterocycles. The second kappa shape index (κ2) is 3.02. The van der Waals surface area contributed by atoms with E-state index in [0.717, 1.165) is 0 Å². The number of primary sulfonamides is 1. The lowest BCUT2D eigenvalue weighted by Crippen LogP contribution is -2.59. The zero-order valence-corrected chi connectivity index (χ0v) is 8.01. The zero-order valence-electron chi connectivity index (χ0n) is 7.19. The van der Waals surface area contributed by atoms with Crippen LogP contribution in [0.25, 0.3) is 0 Å². The molecule has 0 aliphatic carbocycles. The first-order valence-electron chi connectivity index (χ1n) is 3.22. The molecular weight excluding hydrogens is 233 g/mol. The van der Waals surface area contributed by atoms with Crippen molar-refractivity contribution in [1.29, 1.82) is 0 Å². The molecule has 0 fully saturated rings. The molecule has 0 saturated carbocycles. The summed E-state index contributed by atoms with van der Waals surface area (Å²) in [5.74, 6) is -5.40. The van der Waals surface area contributed by atoms with E-state index in [0.29, 0.717) is 0 Å². The number of rotatable bonds is 2. The normalized spacial score (nSPS) is 15.7. The maximum Gasteiger partial charge on any atom is 0.455 e. The van der Waals surface area contributed by atoms with Crippen LogP contribution in [-0.4, -0.2) is 25.3 Å². The van der Waals surface area contributed by atoms with Crippen LogP contribution in [0.1, 0.15) is 13.8 Å². The largest absolute Gasteiger partial charge is 0.455 e. The fraction of sp³-hybridized carbons (Fsp3) is 1.00. The van der Waals surface area contributed by atoms with E-state index in [-0.39, 0.29) is 13.8 Å². The first kappa shape index (κ1) is 13.6. The van der Waals surface area contributed by atoms with Gasteiger partial charge < -0.3 is 0 Å². The highest BCUT2D eigenvalue weighted by Crippen LogP contribution is 2.45. The minimum absolute atomic E-state index is 0.218. The molecule has 0 atom stereocenters. The van der Waals surface area contributed by atoms with Crippen molar-refractivity contribution in [2.75, 3.05) is 0 Å². The summed E-state index contributed by atoms with van der Waals surface area (Å²) in [6.07, 6.45) is -5.96. The van der Waals surface area contributed by atoms with Crippen LogP contribution < -0.4 is 5.14 Å². The summed E-state index contributed by atoms with van der Waals surface area (Å²) >= 11 is 0. The zero-order chi connectivity index (χ0) is 12.0. The first-order valence-corrected chi connectivity index (χ1v) is 4.76. The van der Waals surface area contributed by atoms with Gasteiger partial charge >= 0.3 is 12.1 Å². The van der Waals surface area contributed by atoms with Crippen molar-refractivity contribution in [1.82, 2.24) is 0 Å². The number of hydrogen-bond donors (Lipinski definition) is 1. The van der Waals surface area contributed by atoms with Gasteiger partial charge in [-0.25, -0.2) is 13.6 Å². The Kier molecular flexibility index (Phi) is 2.93. The third kappa shape index (κ3) is 1.83. The van der Waals surface area contributed by atoms with Crippen LogP contribution in [0.15, 0.2) is 0 Å². The number of hydrogen-bond acceptors (Lipinski definition) is 2. The summed E-state index contributed by atoms with van der Waals surface area (Å²) in [4.78, 5) is 0. The molecule has 0 aliphatic heterocycles. The molecule has 0 spiro atoms. The number of alkyl halides is 5. The van der Waals surface area contributed by atoms with Gasteiger partial charge in [0.2, 0.25) is 10.0 Å². The molecule has 3 nitrogen and oxygen atoms in total. The molecule has 2 N–H and O–H groups in total. The van der Waals surface area contributed by atoms with Crippen molar-refractivity contribution in [2.24, 2.45) is 5.14 Å². The smallest absolute Gasteiger partial charge is 0.228 e.